The first-order valence-corrected chi connectivity index (χ1v) is 9.26. The summed E-state index contributed by atoms with van der Waals surface area (Å²) in [7, 11) is 0. The van der Waals surface area contributed by atoms with Gasteiger partial charge < -0.3 is 14.8 Å². The summed E-state index contributed by atoms with van der Waals surface area (Å²) in [5.41, 5.74) is -0.516. The lowest BCUT2D eigenvalue weighted by molar-refractivity contribution is 0.0688. The van der Waals surface area contributed by atoms with Crippen LogP contribution in [0.4, 0.5) is 4.39 Å². The number of nitrogens with one attached hydrogen (secondary N) is 1. The third kappa shape index (κ3) is 2.85. The van der Waals surface area contributed by atoms with Crippen molar-refractivity contribution in [2.75, 3.05) is 13.2 Å². The van der Waals surface area contributed by atoms with Crippen LogP contribution in [0.25, 0.3) is 29.3 Å². The molecule has 0 radical (unpaired) electrons. The number of fused-ring (bicyclic) bond motifs is 2. The molecule has 2 N–H and O–H groups in total. The molecule has 3 aromatic rings. The third-order valence-electron chi connectivity index (χ3n) is 5.24. The standard InChI is InChI=1S/C18H17FN6O4/c19-9-1-2-11-12(7-9)24(8-20-11)17-21-14(16(26)27)13-15(23-17)25(18(28)22-13)10-3-5-29-6-4-10/h2,7-10H,1,3-6H2,(H,22,28)(H,26,27). The molecule has 1 aliphatic carbocycles. The number of carbonyl (C=O) groups is 1. The van der Waals surface area contributed by atoms with Gasteiger partial charge in [-0.3, -0.25) is 9.13 Å². The minimum atomic E-state index is -1.30. The zero-order chi connectivity index (χ0) is 20.1. The van der Waals surface area contributed by atoms with Gasteiger partial charge in [0.15, 0.2) is 11.3 Å². The van der Waals surface area contributed by atoms with Gasteiger partial charge in [0.05, 0.1) is 10.7 Å². The van der Waals surface area contributed by atoms with Crippen molar-refractivity contribution in [3.63, 3.8) is 0 Å². The van der Waals surface area contributed by atoms with Gasteiger partial charge in [0.1, 0.15) is 18.0 Å². The summed E-state index contributed by atoms with van der Waals surface area (Å²) in [6.45, 7) is 1.01. The van der Waals surface area contributed by atoms with Crippen LogP contribution >= 0.6 is 0 Å². The first-order chi connectivity index (χ1) is 14.0. The summed E-state index contributed by atoms with van der Waals surface area (Å²) < 4.78 is 22.1. The Labute approximate surface area is 162 Å². The Morgan fingerprint density at radius 2 is 2.10 bits per heavy atom. The summed E-state index contributed by atoms with van der Waals surface area (Å²) in [5, 5.41) is 10.7. The van der Waals surface area contributed by atoms with Crippen molar-refractivity contribution in [1.29, 1.82) is 0 Å². The first kappa shape index (κ1) is 17.7. The van der Waals surface area contributed by atoms with E-state index in [0.717, 1.165) is 0 Å². The number of aromatic nitrogens is 6. The number of aromatic carboxylic acids is 1. The number of carboxylic acid groups (broad SMARTS) is 1. The highest BCUT2D eigenvalue weighted by atomic mass is 19.1. The van der Waals surface area contributed by atoms with Crippen LogP contribution in [0.15, 0.2) is 11.1 Å². The number of imidazole rings is 2. The maximum Gasteiger partial charge on any atom is 0.356 e. The summed E-state index contributed by atoms with van der Waals surface area (Å²) in [6, 6.07) is -0.166. The largest absolute Gasteiger partial charge is 0.476 e. The molecular weight excluding hydrogens is 383 g/mol. The van der Waals surface area contributed by atoms with Crippen LogP contribution in [0, 0.1) is 0 Å². The SMILES string of the molecule is O=C(O)c1nc(-n2cnc3c2=CC(F)CC=3)nc2c1[nH]c(=O)n2C1CCOCC1. The quantitative estimate of drug-likeness (QED) is 0.615. The number of H-pyrrole nitrogens is 1. The molecule has 1 saturated heterocycles. The lowest BCUT2D eigenvalue weighted by atomic mass is 10.1. The van der Waals surface area contributed by atoms with Crippen LogP contribution in [0.2, 0.25) is 0 Å². The fourth-order valence-electron chi connectivity index (χ4n) is 3.85. The van der Waals surface area contributed by atoms with Gasteiger partial charge in [-0.25, -0.2) is 23.9 Å². The highest BCUT2D eigenvalue weighted by Crippen LogP contribution is 2.24. The summed E-state index contributed by atoms with van der Waals surface area (Å²) in [4.78, 5) is 39.8. The number of aromatic amines is 1. The van der Waals surface area contributed by atoms with E-state index in [-0.39, 0.29) is 35.3 Å². The van der Waals surface area contributed by atoms with Crippen LogP contribution in [-0.4, -0.2) is 59.5 Å². The van der Waals surface area contributed by atoms with Crippen LogP contribution in [0.1, 0.15) is 35.8 Å². The van der Waals surface area contributed by atoms with E-state index in [1.807, 2.05) is 0 Å². The Hall–Kier alpha value is -3.34. The van der Waals surface area contributed by atoms with Crippen LogP contribution < -0.4 is 16.4 Å². The highest BCUT2D eigenvalue weighted by molar-refractivity contribution is 5.98. The number of halogens is 1. The number of hydrogen-bond donors (Lipinski definition) is 2. The molecule has 1 atom stereocenters. The number of nitrogens with zero attached hydrogens (tertiary/aromatic N) is 5. The topological polar surface area (TPSA) is 128 Å². The number of ether oxygens (including phenoxy) is 1. The smallest absolute Gasteiger partial charge is 0.356 e. The molecule has 0 saturated carbocycles. The number of rotatable bonds is 3. The van der Waals surface area contributed by atoms with Gasteiger partial charge in [-0.2, -0.15) is 4.98 Å². The van der Waals surface area contributed by atoms with Crippen molar-refractivity contribution >= 4 is 29.3 Å². The maximum atomic E-state index is 13.9. The predicted octanol–water partition coefficient (Wildman–Crippen LogP) is -0.342. The summed E-state index contributed by atoms with van der Waals surface area (Å²) in [5.74, 6) is -1.28. The highest BCUT2D eigenvalue weighted by Gasteiger charge is 2.26. The van der Waals surface area contributed by atoms with E-state index in [0.29, 0.717) is 36.8 Å². The Balaban J connectivity index is 1.78. The van der Waals surface area contributed by atoms with Gasteiger partial charge in [0.2, 0.25) is 5.95 Å². The lowest BCUT2D eigenvalue weighted by Crippen LogP contribution is -2.34. The number of alkyl halides is 1. The Morgan fingerprint density at radius 1 is 1.31 bits per heavy atom. The van der Waals surface area contributed by atoms with Crippen molar-refractivity contribution in [1.82, 2.24) is 29.1 Å². The average Bonchev–Trinajstić information content (AvgIpc) is 3.27. The third-order valence-corrected chi connectivity index (χ3v) is 5.24. The van der Waals surface area contributed by atoms with E-state index >= 15 is 0 Å². The maximum absolute atomic E-state index is 13.9. The molecular formula is C18H17FN6O4. The molecule has 150 valence electrons. The van der Waals surface area contributed by atoms with Crippen molar-refractivity contribution in [2.24, 2.45) is 0 Å². The first-order valence-electron chi connectivity index (χ1n) is 9.26. The molecule has 5 rings (SSSR count). The van der Waals surface area contributed by atoms with Crippen LogP contribution in [0.5, 0.6) is 0 Å². The van der Waals surface area contributed by atoms with E-state index in [2.05, 4.69) is 19.9 Å². The Kier molecular flexibility index (Phi) is 4.05. The molecule has 11 heteroatoms. The molecule has 0 aromatic carbocycles. The fraction of sp³-hybridized carbons (Fsp3) is 0.389. The average molecular weight is 400 g/mol. The zero-order valence-electron chi connectivity index (χ0n) is 15.2. The summed E-state index contributed by atoms with van der Waals surface area (Å²) in [6.07, 6.45) is 4.77. The molecule has 0 amide bonds. The van der Waals surface area contributed by atoms with E-state index in [1.165, 1.54) is 21.5 Å². The lowest BCUT2D eigenvalue weighted by Gasteiger charge is -2.22. The second-order valence-electron chi connectivity index (χ2n) is 7.03. The molecule has 0 bridgehead atoms. The molecule has 1 unspecified atom stereocenters. The normalized spacial score (nSPS) is 19.6. The van der Waals surface area contributed by atoms with Gasteiger partial charge in [0.25, 0.3) is 0 Å². The second-order valence-corrected chi connectivity index (χ2v) is 7.03. The second kappa shape index (κ2) is 6.62. The van der Waals surface area contributed by atoms with Crippen LogP contribution in [0.3, 0.4) is 0 Å². The molecule has 3 aromatic heterocycles. The van der Waals surface area contributed by atoms with Crippen molar-refractivity contribution in [2.45, 2.75) is 31.5 Å². The van der Waals surface area contributed by atoms with Gasteiger partial charge in [-0.1, -0.05) is 6.08 Å². The molecule has 2 aliphatic rings. The van der Waals surface area contributed by atoms with Crippen LogP contribution in [-0.2, 0) is 4.74 Å². The van der Waals surface area contributed by atoms with Gasteiger partial charge in [-0.05, 0) is 18.9 Å². The number of hydrogen-bond acceptors (Lipinski definition) is 6. The minimum Gasteiger partial charge on any atom is -0.476 e. The van der Waals surface area contributed by atoms with E-state index < -0.39 is 17.8 Å². The molecule has 1 fully saturated rings. The Bertz CT molecular complexity index is 1300. The van der Waals surface area contributed by atoms with Gasteiger partial charge in [0, 0.05) is 25.7 Å². The Morgan fingerprint density at radius 3 is 2.86 bits per heavy atom. The van der Waals surface area contributed by atoms with Crippen molar-refractivity contribution in [3.05, 3.63) is 33.2 Å². The monoisotopic (exact) mass is 400 g/mol. The van der Waals surface area contributed by atoms with Gasteiger partial charge >= 0.3 is 11.7 Å². The molecule has 29 heavy (non-hydrogen) atoms. The molecule has 1 aliphatic heterocycles. The zero-order valence-corrected chi connectivity index (χ0v) is 15.2. The van der Waals surface area contributed by atoms with Gasteiger partial charge in [-0.15, -0.1) is 0 Å². The molecule has 10 nitrogen and oxygen atoms in total. The van der Waals surface area contributed by atoms with E-state index in [4.69, 9.17) is 4.74 Å². The predicted molar refractivity (Wildman–Crippen MR) is 99.0 cm³/mol. The molecule has 4 heterocycles. The van der Waals surface area contributed by atoms with E-state index in [9.17, 15) is 19.1 Å². The minimum absolute atomic E-state index is 0.0159. The van der Waals surface area contributed by atoms with E-state index in [1.54, 1.807) is 6.08 Å². The summed E-state index contributed by atoms with van der Waals surface area (Å²) >= 11 is 0. The molecule has 0 spiro atoms. The fourth-order valence-corrected chi connectivity index (χ4v) is 3.85. The van der Waals surface area contributed by atoms with Crippen molar-refractivity contribution < 1.29 is 19.0 Å². The van der Waals surface area contributed by atoms with Crippen molar-refractivity contribution in [3.8, 4) is 5.95 Å². The number of carboxylic acids is 1.